The van der Waals surface area contributed by atoms with Crippen molar-refractivity contribution in [3.63, 3.8) is 0 Å². The van der Waals surface area contributed by atoms with Crippen LogP contribution >= 0.6 is 11.3 Å². The molecule has 2 aromatic heterocycles. The standard InChI is InChI=1S/C22H24N4O2S/c1-11-6-5-7-16(12(11)2)25-17(27)10-23-21(28)19-13(3)18-14(4)24-20(15-8-9-15)26-22(18)29-19/h5-7,15H,8-10H2,1-4H3,(H,23,28)(H,25,27). The van der Waals surface area contributed by atoms with Crippen LogP contribution in [0, 0.1) is 27.7 Å². The zero-order valence-corrected chi connectivity index (χ0v) is 17.9. The first-order valence-corrected chi connectivity index (χ1v) is 10.6. The van der Waals surface area contributed by atoms with E-state index in [9.17, 15) is 9.59 Å². The summed E-state index contributed by atoms with van der Waals surface area (Å²) in [7, 11) is 0. The lowest BCUT2D eigenvalue weighted by Crippen LogP contribution is -2.32. The molecular formula is C22H24N4O2S. The summed E-state index contributed by atoms with van der Waals surface area (Å²) in [5, 5.41) is 6.55. The van der Waals surface area contributed by atoms with E-state index in [0.29, 0.717) is 10.8 Å². The van der Waals surface area contributed by atoms with Crippen LogP contribution in [-0.2, 0) is 4.79 Å². The van der Waals surface area contributed by atoms with Gasteiger partial charge in [-0.15, -0.1) is 11.3 Å². The maximum atomic E-state index is 12.7. The van der Waals surface area contributed by atoms with Crippen LogP contribution in [0.5, 0.6) is 0 Å². The van der Waals surface area contributed by atoms with Gasteiger partial charge in [-0.25, -0.2) is 9.97 Å². The van der Waals surface area contributed by atoms with Crippen molar-refractivity contribution < 1.29 is 9.59 Å². The molecule has 150 valence electrons. The van der Waals surface area contributed by atoms with Crippen molar-refractivity contribution in [2.24, 2.45) is 0 Å². The van der Waals surface area contributed by atoms with E-state index in [1.807, 2.05) is 45.9 Å². The molecule has 2 heterocycles. The Morgan fingerprint density at radius 2 is 1.86 bits per heavy atom. The molecule has 0 spiro atoms. The lowest BCUT2D eigenvalue weighted by molar-refractivity contribution is -0.115. The number of benzene rings is 1. The number of hydrogen-bond donors (Lipinski definition) is 2. The van der Waals surface area contributed by atoms with Gasteiger partial charge in [-0.2, -0.15) is 0 Å². The molecule has 29 heavy (non-hydrogen) atoms. The van der Waals surface area contributed by atoms with Crippen LogP contribution in [0.4, 0.5) is 5.69 Å². The minimum absolute atomic E-state index is 0.0854. The molecule has 2 N–H and O–H groups in total. The quantitative estimate of drug-likeness (QED) is 0.664. The maximum absolute atomic E-state index is 12.7. The number of hydrogen-bond acceptors (Lipinski definition) is 5. The monoisotopic (exact) mass is 408 g/mol. The molecule has 0 saturated heterocycles. The highest BCUT2D eigenvalue weighted by molar-refractivity contribution is 7.20. The third-order valence-corrected chi connectivity index (χ3v) is 6.61. The summed E-state index contributed by atoms with van der Waals surface area (Å²) < 4.78 is 0. The predicted molar refractivity (Wildman–Crippen MR) is 116 cm³/mol. The molecule has 1 fully saturated rings. The third-order valence-electron chi connectivity index (χ3n) is 5.43. The first kappa shape index (κ1) is 19.5. The number of aryl methyl sites for hydroxylation is 3. The van der Waals surface area contributed by atoms with E-state index in [1.165, 1.54) is 11.3 Å². The Kier molecular flexibility index (Phi) is 5.08. The van der Waals surface area contributed by atoms with Crippen molar-refractivity contribution in [2.75, 3.05) is 11.9 Å². The molecule has 7 heteroatoms. The molecule has 0 atom stereocenters. The number of nitrogens with zero attached hydrogens (tertiary/aromatic N) is 2. The average Bonchev–Trinajstić information content (AvgIpc) is 3.47. The largest absolute Gasteiger partial charge is 0.342 e. The Morgan fingerprint density at radius 1 is 1.10 bits per heavy atom. The van der Waals surface area contributed by atoms with Gasteiger partial charge in [0.15, 0.2) is 0 Å². The van der Waals surface area contributed by atoms with Gasteiger partial charge < -0.3 is 10.6 Å². The van der Waals surface area contributed by atoms with Crippen molar-refractivity contribution in [1.82, 2.24) is 15.3 Å². The molecule has 1 aromatic carbocycles. The number of rotatable bonds is 5. The molecule has 0 aliphatic heterocycles. The van der Waals surface area contributed by atoms with Crippen molar-refractivity contribution in [3.05, 3.63) is 51.3 Å². The SMILES string of the molecule is Cc1cccc(NC(=O)CNC(=O)c2sc3nc(C4CC4)nc(C)c3c2C)c1C. The maximum Gasteiger partial charge on any atom is 0.262 e. The molecular weight excluding hydrogens is 384 g/mol. The number of thiophene rings is 1. The fourth-order valence-corrected chi connectivity index (χ4v) is 4.58. The first-order chi connectivity index (χ1) is 13.8. The van der Waals surface area contributed by atoms with Gasteiger partial charge in [0.1, 0.15) is 10.7 Å². The van der Waals surface area contributed by atoms with E-state index in [2.05, 4.69) is 20.6 Å². The lowest BCUT2D eigenvalue weighted by Gasteiger charge is -2.10. The van der Waals surface area contributed by atoms with Gasteiger partial charge in [-0.1, -0.05) is 12.1 Å². The van der Waals surface area contributed by atoms with Crippen LogP contribution in [0.25, 0.3) is 10.2 Å². The minimum Gasteiger partial charge on any atom is -0.342 e. The minimum atomic E-state index is -0.256. The summed E-state index contributed by atoms with van der Waals surface area (Å²) in [6.45, 7) is 7.75. The zero-order valence-electron chi connectivity index (χ0n) is 17.0. The van der Waals surface area contributed by atoms with E-state index in [4.69, 9.17) is 0 Å². The number of fused-ring (bicyclic) bond motifs is 1. The molecule has 0 bridgehead atoms. The summed E-state index contributed by atoms with van der Waals surface area (Å²) in [6.07, 6.45) is 2.27. The summed E-state index contributed by atoms with van der Waals surface area (Å²) in [4.78, 5) is 35.8. The summed E-state index contributed by atoms with van der Waals surface area (Å²) in [5.41, 5.74) is 4.68. The highest BCUT2D eigenvalue weighted by Crippen LogP contribution is 2.40. The first-order valence-electron chi connectivity index (χ1n) is 9.77. The number of amides is 2. The van der Waals surface area contributed by atoms with Crippen LogP contribution in [0.15, 0.2) is 18.2 Å². The normalized spacial score (nSPS) is 13.5. The highest BCUT2D eigenvalue weighted by atomic mass is 32.1. The Bertz CT molecular complexity index is 1130. The lowest BCUT2D eigenvalue weighted by atomic mass is 10.1. The number of nitrogens with one attached hydrogen (secondary N) is 2. The van der Waals surface area contributed by atoms with Gasteiger partial charge in [0.25, 0.3) is 5.91 Å². The molecule has 1 aliphatic rings. The van der Waals surface area contributed by atoms with Crippen LogP contribution in [0.1, 0.15) is 56.6 Å². The van der Waals surface area contributed by atoms with Crippen molar-refractivity contribution in [2.45, 2.75) is 46.5 Å². The summed E-state index contributed by atoms with van der Waals surface area (Å²) >= 11 is 1.37. The van der Waals surface area contributed by atoms with E-state index in [-0.39, 0.29) is 18.4 Å². The smallest absolute Gasteiger partial charge is 0.262 e. The molecule has 2 amide bonds. The summed E-state index contributed by atoms with van der Waals surface area (Å²) in [5.74, 6) is 0.842. The molecule has 0 unspecified atom stereocenters. The van der Waals surface area contributed by atoms with E-state index >= 15 is 0 Å². The highest BCUT2D eigenvalue weighted by Gasteiger charge is 2.28. The molecule has 4 rings (SSSR count). The van der Waals surface area contributed by atoms with Crippen molar-refractivity contribution in [3.8, 4) is 0 Å². The van der Waals surface area contributed by atoms with Crippen LogP contribution in [-0.4, -0.2) is 28.3 Å². The number of aromatic nitrogens is 2. The number of carbonyl (C=O) groups is 2. The van der Waals surface area contributed by atoms with Gasteiger partial charge in [0, 0.05) is 17.0 Å². The van der Waals surface area contributed by atoms with E-state index < -0.39 is 0 Å². The Balaban J connectivity index is 1.47. The van der Waals surface area contributed by atoms with Gasteiger partial charge in [-0.3, -0.25) is 9.59 Å². The second kappa shape index (κ2) is 7.55. The number of carbonyl (C=O) groups excluding carboxylic acids is 2. The molecule has 6 nitrogen and oxygen atoms in total. The van der Waals surface area contributed by atoms with E-state index in [0.717, 1.165) is 57.0 Å². The second-order valence-corrected chi connectivity index (χ2v) is 8.66. The Labute approximate surface area is 173 Å². The molecule has 1 saturated carbocycles. The van der Waals surface area contributed by atoms with Gasteiger partial charge >= 0.3 is 0 Å². The fourth-order valence-electron chi connectivity index (χ4n) is 3.42. The average molecular weight is 409 g/mol. The van der Waals surface area contributed by atoms with Crippen molar-refractivity contribution >= 4 is 39.1 Å². The van der Waals surface area contributed by atoms with Crippen LogP contribution in [0.2, 0.25) is 0 Å². The predicted octanol–water partition coefficient (Wildman–Crippen LogP) is 4.17. The zero-order chi connectivity index (χ0) is 20.7. The number of anilines is 1. The van der Waals surface area contributed by atoms with Crippen LogP contribution in [0.3, 0.4) is 0 Å². The van der Waals surface area contributed by atoms with Crippen molar-refractivity contribution in [1.29, 1.82) is 0 Å². The molecule has 0 radical (unpaired) electrons. The van der Waals surface area contributed by atoms with Gasteiger partial charge in [0.2, 0.25) is 5.91 Å². The Morgan fingerprint density at radius 3 is 2.59 bits per heavy atom. The molecule has 3 aromatic rings. The molecule has 1 aliphatic carbocycles. The second-order valence-electron chi connectivity index (χ2n) is 7.66. The third kappa shape index (κ3) is 3.87. The summed E-state index contributed by atoms with van der Waals surface area (Å²) in [6, 6.07) is 5.75. The van der Waals surface area contributed by atoms with E-state index in [1.54, 1.807) is 0 Å². The van der Waals surface area contributed by atoms with Gasteiger partial charge in [0.05, 0.1) is 17.1 Å². The topological polar surface area (TPSA) is 84.0 Å². The van der Waals surface area contributed by atoms with Crippen LogP contribution < -0.4 is 10.6 Å². The van der Waals surface area contributed by atoms with Gasteiger partial charge in [-0.05, 0) is 63.3 Å². The fraction of sp³-hybridized carbons (Fsp3) is 0.364. The Hall–Kier alpha value is -2.80.